The third-order valence-corrected chi connectivity index (χ3v) is 4.26. The summed E-state index contributed by atoms with van der Waals surface area (Å²) in [5.41, 5.74) is 0. The summed E-state index contributed by atoms with van der Waals surface area (Å²) in [6, 6.07) is 0. The number of rotatable bonds is 8. The van der Waals surface area contributed by atoms with Gasteiger partial charge in [0.05, 0.1) is 0 Å². The third kappa shape index (κ3) is 7.19. The Bertz CT molecular complexity index is 663. The van der Waals surface area contributed by atoms with Gasteiger partial charge in [0.15, 0.2) is 0 Å². The van der Waals surface area contributed by atoms with Crippen LogP contribution in [0.2, 0.25) is 0 Å². The Morgan fingerprint density at radius 1 is 0.731 bits per heavy atom. The van der Waals surface area contributed by atoms with Crippen LogP contribution in [0.3, 0.4) is 0 Å². The molecule has 0 radical (unpaired) electrons. The summed E-state index contributed by atoms with van der Waals surface area (Å²) >= 11 is 1.98. The predicted octanol–water partition coefficient (Wildman–Crippen LogP) is 2.22. The van der Waals surface area contributed by atoms with Crippen LogP contribution < -0.4 is 0 Å². The van der Waals surface area contributed by atoms with E-state index in [0.29, 0.717) is 9.36 Å². The SMILES string of the molecule is FC(F)(F)Cn1nnnc1SCC=CCSc1nnnn1CC(F)(F)F. The van der Waals surface area contributed by atoms with E-state index in [-0.39, 0.29) is 21.8 Å². The van der Waals surface area contributed by atoms with Crippen molar-refractivity contribution in [2.45, 2.75) is 35.8 Å². The number of tetrazole rings is 2. The van der Waals surface area contributed by atoms with E-state index in [0.717, 1.165) is 23.5 Å². The molecule has 16 heteroatoms. The Morgan fingerprint density at radius 3 is 1.46 bits per heavy atom. The Balaban J connectivity index is 1.76. The van der Waals surface area contributed by atoms with Gasteiger partial charge >= 0.3 is 12.4 Å². The summed E-state index contributed by atoms with van der Waals surface area (Å²) in [5, 5.41) is 19.9. The number of alkyl halides is 6. The second-order valence-corrected chi connectivity index (χ2v) is 6.54. The fourth-order valence-corrected chi connectivity index (χ4v) is 2.97. The van der Waals surface area contributed by atoms with Gasteiger partial charge in [-0.2, -0.15) is 26.3 Å². The van der Waals surface area contributed by atoms with E-state index in [9.17, 15) is 26.3 Å². The minimum atomic E-state index is -4.43. The fourth-order valence-electron chi connectivity index (χ4n) is 1.52. The maximum absolute atomic E-state index is 12.3. The Hall–Kier alpha value is -1.84. The number of thioether (sulfide) groups is 2. The van der Waals surface area contributed by atoms with Crippen LogP contribution in [0.4, 0.5) is 26.3 Å². The minimum absolute atomic E-state index is 0.00810. The minimum Gasteiger partial charge on any atom is -0.211 e. The molecule has 0 bridgehead atoms. The molecule has 0 aliphatic heterocycles. The van der Waals surface area contributed by atoms with E-state index < -0.39 is 25.4 Å². The van der Waals surface area contributed by atoms with Gasteiger partial charge in [0.1, 0.15) is 13.1 Å². The highest BCUT2D eigenvalue weighted by Gasteiger charge is 2.31. The van der Waals surface area contributed by atoms with Crippen molar-refractivity contribution in [1.29, 1.82) is 0 Å². The molecular weight excluding hydrogens is 410 g/mol. The normalized spacial score (nSPS) is 13.0. The Kier molecular flexibility index (Phi) is 6.85. The van der Waals surface area contributed by atoms with Gasteiger partial charge in [-0.15, -0.1) is 10.2 Å². The number of nitrogens with zero attached hydrogens (tertiary/aromatic N) is 8. The summed E-state index contributed by atoms with van der Waals surface area (Å²) in [7, 11) is 0. The van der Waals surface area contributed by atoms with Crippen molar-refractivity contribution in [2.24, 2.45) is 0 Å². The van der Waals surface area contributed by atoms with Crippen LogP contribution in [0.5, 0.6) is 0 Å². The van der Waals surface area contributed by atoms with Crippen LogP contribution in [0.25, 0.3) is 0 Å². The Labute approximate surface area is 150 Å². The summed E-state index contributed by atoms with van der Waals surface area (Å²) in [4.78, 5) is 0. The lowest BCUT2D eigenvalue weighted by atomic mass is 10.6. The van der Waals surface area contributed by atoms with E-state index in [1.165, 1.54) is 0 Å². The van der Waals surface area contributed by atoms with E-state index in [2.05, 4.69) is 31.1 Å². The molecule has 0 fully saturated rings. The lowest BCUT2D eigenvalue weighted by Gasteiger charge is -2.06. The second-order valence-electron chi connectivity index (χ2n) is 4.56. The average molecular weight is 420 g/mol. The number of hydrogen-bond donors (Lipinski definition) is 0. The zero-order valence-electron chi connectivity index (χ0n) is 12.6. The molecule has 2 aromatic rings. The van der Waals surface area contributed by atoms with Crippen molar-refractivity contribution in [3.63, 3.8) is 0 Å². The lowest BCUT2D eigenvalue weighted by Crippen LogP contribution is -2.19. The van der Waals surface area contributed by atoms with Crippen LogP contribution in [0, 0.1) is 0 Å². The highest BCUT2D eigenvalue weighted by molar-refractivity contribution is 7.99. The van der Waals surface area contributed by atoms with Crippen molar-refractivity contribution in [2.75, 3.05) is 11.5 Å². The van der Waals surface area contributed by atoms with Gasteiger partial charge in [0.2, 0.25) is 10.3 Å². The molecule has 2 heterocycles. The summed E-state index contributed by atoms with van der Waals surface area (Å²) in [6.07, 6.45) is -5.61. The molecule has 0 N–H and O–H groups in total. The lowest BCUT2D eigenvalue weighted by molar-refractivity contribution is -0.145. The van der Waals surface area contributed by atoms with Gasteiger partial charge in [-0.05, 0) is 20.9 Å². The summed E-state index contributed by atoms with van der Waals surface area (Å²) in [5.74, 6) is 0.568. The van der Waals surface area contributed by atoms with Crippen LogP contribution >= 0.6 is 23.5 Å². The average Bonchev–Trinajstić information content (AvgIpc) is 3.09. The molecule has 0 unspecified atom stereocenters. The molecule has 26 heavy (non-hydrogen) atoms. The molecule has 2 aromatic heterocycles. The maximum atomic E-state index is 12.3. The molecule has 0 atom stereocenters. The van der Waals surface area contributed by atoms with Crippen LogP contribution in [-0.2, 0) is 13.1 Å². The van der Waals surface area contributed by atoms with Crippen molar-refractivity contribution in [3.05, 3.63) is 12.2 Å². The fraction of sp³-hybridized carbons (Fsp3) is 0.600. The van der Waals surface area contributed by atoms with E-state index in [4.69, 9.17) is 0 Å². The molecule has 2 rings (SSSR count). The number of halogens is 6. The molecule has 0 spiro atoms. The molecule has 0 aromatic carbocycles. The zero-order chi connectivity index (χ0) is 19.2. The molecule has 0 saturated heterocycles. The molecule has 0 aliphatic carbocycles. The topological polar surface area (TPSA) is 87.2 Å². The van der Waals surface area contributed by atoms with Crippen molar-refractivity contribution < 1.29 is 26.3 Å². The molecule has 0 aliphatic rings. The monoisotopic (exact) mass is 420 g/mol. The van der Waals surface area contributed by atoms with Crippen LogP contribution in [0.15, 0.2) is 22.5 Å². The molecule has 8 nitrogen and oxygen atoms in total. The second kappa shape index (κ2) is 8.70. The van der Waals surface area contributed by atoms with Crippen molar-refractivity contribution in [3.8, 4) is 0 Å². The highest BCUT2D eigenvalue weighted by Crippen LogP contribution is 2.22. The number of hydrogen-bond acceptors (Lipinski definition) is 8. The molecule has 0 amide bonds. The van der Waals surface area contributed by atoms with Crippen LogP contribution in [-0.4, -0.2) is 64.3 Å². The van der Waals surface area contributed by atoms with Gasteiger partial charge in [-0.3, -0.25) is 0 Å². The first-order chi connectivity index (χ1) is 12.1. The van der Waals surface area contributed by atoms with E-state index in [1.54, 1.807) is 12.2 Å². The van der Waals surface area contributed by atoms with Gasteiger partial charge in [-0.25, -0.2) is 9.36 Å². The zero-order valence-corrected chi connectivity index (χ0v) is 14.3. The van der Waals surface area contributed by atoms with Gasteiger partial charge in [-0.1, -0.05) is 35.7 Å². The first-order valence-corrected chi connectivity index (χ1v) is 8.67. The first kappa shape index (κ1) is 20.5. The Morgan fingerprint density at radius 2 is 1.12 bits per heavy atom. The summed E-state index contributed by atoms with van der Waals surface area (Å²) in [6.45, 7) is -2.58. The van der Waals surface area contributed by atoms with E-state index >= 15 is 0 Å². The van der Waals surface area contributed by atoms with E-state index in [1.807, 2.05) is 0 Å². The van der Waals surface area contributed by atoms with Gasteiger partial charge in [0, 0.05) is 11.5 Å². The van der Waals surface area contributed by atoms with Gasteiger partial charge < -0.3 is 0 Å². The first-order valence-electron chi connectivity index (χ1n) is 6.70. The quantitative estimate of drug-likeness (QED) is 0.365. The molecule has 144 valence electrons. The molecular formula is C10H10F6N8S2. The third-order valence-electron chi connectivity index (χ3n) is 2.44. The molecule has 0 saturated carbocycles. The maximum Gasteiger partial charge on any atom is 0.408 e. The van der Waals surface area contributed by atoms with Gasteiger partial charge in [0.25, 0.3) is 0 Å². The van der Waals surface area contributed by atoms with Crippen molar-refractivity contribution in [1.82, 2.24) is 40.4 Å². The number of aromatic nitrogens is 8. The highest BCUT2D eigenvalue weighted by atomic mass is 32.2. The largest absolute Gasteiger partial charge is 0.408 e. The smallest absolute Gasteiger partial charge is 0.211 e. The van der Waals surface area contributed by atoms with Crippen molar-refractivity contribution >= 4 is 23.5 Å². The standard InChI is InChI=1S/C10H10F6N8S2/c11-9(12,13)5-23-7(17-19-21-23)25-3-1-2-4-26-8-18-20-22-24(8)6-10(14,15)16/h1-2H,3-6H2. The van der Waals surface area contributed by atoms with Crippen LogP contribution in [0.1, 0.15) is 0 Å². The predicted molar refractivity (Wildman–Crippen MR) is 78.3 cm³/mol. The summed E-state index contributed by atoms with van der Waals surface area (Å²) < 4.78 is 75.2.